The van der Waals surface area contributed by atoms with Crippen molar-refractivity contribution in [3.63, 3.8) is 0 Å². The van der Waals surface area contributed by atoms with E-state index in [0.717, 1.165) is 16.6 Å². The molecule has 0 aliphatic carbocycles. The zero-order chi connectivity index (χ0) is 12.3. The van der Waals surface area contributed by atoms with Gasteiger partial charge in [0, 0.05) is 13.5 Å². The lowest BCUT2D eigenvalue weighted by molar-refractivity contribution is 0.150. The topological polar surface area (TPSA) is 87.0 Å². The van der Waals surface area contributed by atoms with Crippen LogP contribution in [0.2, 0.25) is 0 Å². The molecule has 0 bridgehead atoms. The second-order valence-electron chi connectivity index (χ2n) is 3.55. The van der Waals surface area contributed by atoms with Crippen LogP contribution in [0.4, 0.5) is 4.79 Å². The molecule has 3 N–H and O–H groups in total. The van der Waals surface area contributed by atoms with E-state index >= 15 is 0 Å². The van der Waals surface area contributed by atoms with Crippen molar-refractivity contribution >= 4 is 17.1 Å². The zero-order valence-electron chi connectivity index (χ0n) is 9.37. The molecular formula is C11H13N3O3. The van der Waals surface area contributed by atoms with Crippen molar-refractivity contribution in [2.75, 3.05) is 13.7 Å². The summed E-state index contributed by atoms with van der Waals surface area (Å²) in [7, 11) is 1.51. The van der Waals surface area contributed by atoms with Crippen LogP contribution in [0, 0.1) is 0 Å². The Morgan fingerprint density at radius 3 is 3.00 bits per heavy atom. The highest BCUT2D eigenvalue weighted by Gasteiger charge is 2.05. The Morgan fingerprint density at radius 1 is 1.41 bits per heavy atom. The Bertz CT molecular complexity index is 585. The van der Waals surface area contributed by atoms with Crippen LogP contribution in [0.5, 0.6) is 0 Å². The quantitative estimate of drug-likeness (QED) is 0.733. The first-order valence-corrected chi connectivity index (χ1v) is 5.25. The van der Waals surface area contributed by atoms with Crippen molar-refractivity contribution < 1.29 is 9.53 Å². The number of fused-ring (bicyclic) bond motifs is 1. The fourth-order valence-corrected chi connectivity index (χ4v) is 1.65. The molecule has 0 spiro atoms. The molecule has 6 nitrogen and oxygen atoms in total. The summed E-state index contributed by atoms with van der Waals surface area (Å²) in [6, 6.07) is 5.55. The SMILES string of the molecule is CNC(=O)OCCc1cccc2[nH]c(=O)[nH]c12. The smallest absolute Gasteiger partial charge is 0.406 e. The molecule has 0 aliphatic heterocycles. The normalized spacial score (nSPS) is 10.4. The van der Waals surface area contributed by atoms with Crippen LogP contribution in [-0.2, 0) is 11.2 Å². The van der Waals surface area contributed by atoms with Gasteiger partial charge in [-0.15, -0.1) is 0 Å². The molecule has 0 unspecified atom stereocenters. The first kappa shape index (κ1) is 11.3. The number of ether oxygens (including phenoxy) is 1. The van der Waals surface area contributed by atoms with Gasteiger partial charge in [-0.25, -0.2) is 9.59 Å². The lowest BCUT2D eigenvalue weighted by Crippen LogP contribution is -2.20. The van der Waals surface area contributed by atoms with Gasteiger partial charge in [-0.05, 0) is 11.6 Å². The average molecular weight is 235 g/mol. The molecule has 2 aromatic rings. The first-order chi connectivity index (χ1) is 8.20. The van der Waals surface area contributed by atoms with Crippen LogP contribution in [0.3, 0.4) is 0 Å². The van der Waals surface area contributed by atoms with Crippen molar-refractivity contribution in [1.82, 2.24) is 15.3 Å². The van der Waals surface area contributed by atoms with Gasteiger partial charge in [0.1, 0.15) is 0 Å². The van der Waals surface area contributed by atoms with E-state index in [4.69, 9.17) is 4.74 Å². The number of carbonyl (C=O) groups is 1. The highest BCUT2D eigenvalue weighted by atomic mass is 16.5. The van der Waals surface area contributed by atoms with E-state index < -0.39 is 6.09 Å². The number of rotatable bonds is 3. The molecule has 1 aromatic heterocycles. The molecule has 90 valence electrons. The first-order valence-electron chi connectivity index (χ1n) is 5.25. The van der Waals surface area contributed by atoms with E-state index in [1.807, 2.05) is 18.2 Å². The zero-order valence-corrected chi connectivity index (χ0v) is 9.37. The van der Waals surface area contributed by atoms with Crippen molar-refractivity contribution in [2.24, 2.45) is 0 Å². The number of H-pyrrole nitrogens is 2. The number of para-hydroxylation sites is 1. The van der Waals surface area contributed by atoms with Crippen LogP contribution in [0.1, 0.15) is 5.56 Å². The number of carbonyl (C=O) groups excluding carboxylic acids is 1. The lowest BCUT2D eigenvalue weighted by atomic mass is 10.1. The van der Waals surface area contributed by atoms with Gasteiger partial charge in [-0.1, -0.05) is 12.1 Å². The number of nitrogens with one attached hydrogen (secondary N) is 3. The summed E-state index contributed by atoms with van der Waals surface area (Å²) in [4.78, 5) is 27.4. The van der Waals surface area contributed by atoms with Crippen molar-refractivity contribution in [2.45, 2.75) is 6.42 Å². The number of aromatic nitrogens is 2. The van der Waals surface area contributed by atoms with Gasteiger partial charge < -0.3 is 20.0 Å². The molecule has 0 atom stereocenters. The summed E-state index contributed by atoms with van der Waals surface area (Å²) in [6.45, 7) is 0.270. The second kappa shape index (κ2) is 4.73. The Balaban J connectivity index is 2.13. The fraction of sp³-hybridized carbons (Fsp3) is 0.273. The predicted molar refractivity (Wildman–Crippen MR) is 63.0 cm³/mol. The summed E-state index contributed by atoms with van der Waals surface area (Å²) in [6.07, 6.45) is 0.0955. The molecule has 0 saturated carbocycles. The van der Waals surface area contributed by atoms with Gasteiger partial charge in [0.05, 0.1) is 17.6 Å². The summed E-state index contributed by atoms with van der Waals surface area (Å²) in [5.74, 6) is 0. The number of benzene rings is 1. The van der Waals surface area contributed by atoms with Crippen LogP contribution in [-0.4, -0.2) is 29.7 Å². The minimum Gasteiger partial charge on any atom is -0.449 e. The Morgan fingerprint density at radius 2 is 2.24 bits per heavy atom. The predicted octanol–water partition coefficient (Wildman–Crippen LogP) is 0.755. The Labute approximate surface area is 97.0 Å². The Kier molecular flexibility index (Phi) is 3.13. The molecule has 6 heteroatoms. The third-order valence-electron chi connectivity index (χ3n) is 2.45. The summed E-state index contributed by atoms with van der Waals surface area (Å²) in [5.41, 5.74) is 2.22. The molecule has 2 rings (SSSR count). The molecule has 0 fully saturated rings. The maximum atomic E-state index is 11.2. The van der Waals surface area contributed by atoms with Crippen molar-refractivity contribution in [3.05, 3.63) is 34.2 Å². The van der Waals surface area contributed by atoms with E-state index in [9.17, 15) is 9.59 Å². The van der Waals surface area contributed by atoms with Gasteiger partial charge in [0.15, 0.2) is 0 Å². The maximum absolute atomic E-state index is 11.2. The minimum absolute atomic E-state index is 0.236. The molecule has 1 amide bonds. The molecule has 0 saturated heterocycles. The van der Waals surface area contributed by atoms with Gasteiger partial charge in [0.2, 0.25) is 0 Å². The van der Waals surface area contributed by atoms with Gasteiger partial charge in [-0.2, -0.15) is 0 Å². The number of amides is 1. The number of alkyl carbamates (subject to hydrolysis) is 1. The van der Waals surface area contributed by atoms with E-state index in [1.54, 1.807) is 0 Å². The fourth-order valence-electron chi connectivity index (χ4n) is 1.65. The standard InChI is InChI=1S/C11H13N3O3/c1-12-11(16)17-6-5-7-3-2-4-8-9(7)14-10(15)13-8/h2-4H,5-6H2,1H3,(H,12,16)(H2,13,14,15). The summed E-state index contributed by atoms with van der Waals surface area (Å²) >= 11 is 0. The number of hydrogen-bond acceptors (Lipinski definition) is 3. The third-order valence-corrected chi connectivity index (χ3v) is 2.45. The van der Waals surface area contributed by atoms with Crippen molar-refractivity contribution in [3.8, 4) is 0 Å². The highest BCUT2D eigenvalue weighted by molar-refractivity contribution is 5.78. The highest BCUT2D eigenvalue weighted by Crippen LogP contribution is 2.13. The number of hydrogen-bond donors (Lipinski definition) is 3. The van der Waals surface area contributed by atoms with Crippen LogP contribution in [0.25, 0.3) is 11.0 Å². The van der Waals surface area contributed by atoms with E-state index in [2.05, 4.69) is 15.3 Å². The van der Waals surface area contributed by atoms with Crippen LogP contribution in [0.15, 0.2) is 23.0 Å². The van der Waals surface area contributed by atoms with E-state index in [0.29, 0.717) is 6.42 Å². The maximum Gasteiger partial charge on any atom is 0.406 e. The lowest BCUT2D eigenvalue weighted by Gasteiger charge is -2.04. The largest absolute Gasteiger partial charge is 0.449 e. The second-order valence-corrected chi connectivity index (χ2v) is 3.55. The number of imidazole rings is 1. The molecule has 1 aromatic carbocycles. The van der Waals surface area contributed by atoms with Gasteiger partial charge in [0.25, 0.3) is 0 Å². The summed E-state index contributed by atoms with van der Waals surface area (Å²) in [5, 5.41) is 2.37. The molecule has 1 heterocycles. The van der Waals surface area contributed by atoms with E-state index in [-0.39, 0.29) is 12.3 Å². The molecular weight excluding hydrogens is 222 g/mol. The van der Waals surface area contributed by atoms with Crippen LogP contribution >= 0.6 is 0 Å². The van der Waals surface area contributed by atoms with E-state index in [1.165, 1.54) is 7.05 Å². The summed E-state index contributed by atoms with van der Waals surface area (Å²) < 4.78 is 4.90. The minimum atomic E-state index is -0.459. The van der Waals surface area contributed by atoms with Crippen molar-refractivity contribution in [1.29, 1.82) is 0 Å². The molecule has 0 aliphatic rings. The molecule has 17 heavy (non-hydrogen) atoms. The monoisotopic (exact) mass is 235 g/mol. The third kappa shape index (κ3) is 2.47. The Hall–Kier alpha value is -2.24. The van der Waals surface area contributed by atoms with Crippen LogP contribution < -0.4 is 11.0 Å². The average Bonchev–Trinajstić information content (AvgIpc) is 2.70. The number of aromatic amines is 2. The molecule has 0 radical (unpaired) electrons. The van der Waals surface area contributed by atoms with Gasteiger partial charge >= 0.3 is 11.8 Å². The van der Waals surface area contributed by atoms with Gasteiger partial charge in [-0.3, -0.25) is 0 Å².